The Bertz CT molecular complexity index is 1140. The Balaban J connectivity index is 1.66. The molecule has 0 heterocycles. The molecule has 0 amide bonds. The van der Waals surface area contributed by atoms with Crippen LogP contribution in [0.2, 0.25) is 0 Å². The Morgan fingerprint density at radius 3 is 1.41 bits per heavy atom. The summed E-state index contributed by atoms with van der Waals surface area (Å²) < 4.78 is 12.2. The van der Waals surface area contributed by atoms with Gasteiger partial charge in [-0.25, -0.2) is 9.59 Å². The van der Waals surface area contributed by atoms with Gasteiger partial charge >= 0.3 is 11.9 Å². The van der Waals surface area contributed by atoms with E-state index in [1.54, 1.807) is 0 Å². The molecule has 0 aromatic heterocycles. The Kier molecular flexibility index (Phi) is 9.35. The second kappa shape index (κ2) is 12.5. The van der Waals surface area contributed by atoms with Gasteiger partial charge in [-0.3, -0.25) is 0 Å². The van der Waals surface area contributed by atoms with Crippen LogP contribution in [0, 0.1) is 17.3 Å². The van der Waals surface area contributed by atoms with E-state index in [2.05, 4.69) is 65.8 Å². The normalized spacial score (nSPS) is 19.4. The molecule has 2 aromatic carbocycles. The van der Waals surface area contributed by atoms with Gasteiger partial charge in [0.2, 0.25) is 0 Å². The molecule has 0 N–H and O–H groups in total. The standard InChI is InChI=1S/C35H46O4/c1-7-11-23-15-19-29(25(21-23)13-9-3)38-33(36)31-27-17-18-28(35(27,5)6)32(31)34(37)39-30-20-16-24(12-8-2)22-26(30)14-10-4/h15-16,19-22,27-28H,7-14,17-18H2,1-6H3. The molecule has 4 rings (SSSR count). The van der Waals surface area contributed by atoms with E-state index in [9.17, 15) is 9.59 Å². The molecular weight excluding hydrogens is 484 g/mol. The third-order valence-corrected chi connectivity index (χ3v) is 8.74. The van der Waals surface area contributed by atoms with Crippen molar-refractivity contribution in [3.63, 3.8) is 0 Å². The van der Waals surface area contributed by atoms with Crippen molar-refractivity contribution >= 4 is 11.9 Å². The quantitative estimate of drug-likeness (QED) is 0.204. The third kappa shape index (κ3) is 6.00. The molecule has 39 heavy (non-hydrogen) atoms. The van der Waals surface area contributed by atoms with E-state index in [1.165, 1.54) is 11.1 Å². The Morgan fingerprint density at radius 1 is 0.667 bits per heavy atom. The molecule has 0 spiro atoms. The lowest BCUT2D eigenvalue weighted by atomic mass is 9.79. The topological polar surface area (TPSA) is 52.6 Å². The van der Waals surface area contributed by atoms with Crippen LogP contribution in [-0.4, -0.2) is 11.9 Å². The fraction of sp³-hybridized carbons (Fsp3) is 0.543. The summed E-state index contributed by atoms with van der Waals surface area (Å²) in [5.74, 6) is 0.422. The van der Waals surface area contributed by atoms with Gasteiger partial charge in [0.05, 0.1) is 11.1 Å². The van der Waals surface area contributed by atoms with Crippen molar-refractivity contribution < 1.29 is 19.1 Å². The van der Waals surface area contributed by atoms with Crippen LogP contribution in [0.15, 0.2) is 47.5 Å². The van der Waals surface area contributed by atoms with Gasteiger partial charge in [-0.2, -0.15) is 0 Å². The first-order chi connectivity index (χ1) is 18.7. The summed E-state index contributed by atoms with van der Waals surface area (Å²) in [5.41, 5.74) is 5.51. The largest absolute Gasteiger partial charge is 0.423 e. The van der Waals surface area contributed by atoms with Gasteiger partial charge in [0.15, 0.2) is 0 Å². The maximum absolute atomic E-state index is 13.8. The van der Waals surface area contributed by atoms with Crippen molar-refractivity contribution in [1.29, 1.82) is 0 Å². The Hall–Kier alpha value is -2.88. The number of hydrogen-bond acceptors (Lipinski definition) is 4. The number of ether oxygens (including phenoxy) is 2. The highest BCUT2D eigenvalue weighted by molar-refractivity contribution is 6.04. The predicted molar refractivity (Wildman–Crippen MR) is 157 cm³/mol. The first-order valence-electron chi connectivity index (χ1n) is 15.2. The zero-order chi connectivity index (χ0) is 28.2. The predicted octanol–water partition coefficient (Wildman–Crippen LogP) is 8.37. The van der Waals surface area contributed by atoms with E-state index in [0.717, 1.165) is 75.3 Å². The Labute approximate surface area is 235 Å². The molecule has 1 saturated carbocycles. The third-order valence-electron chi connectivity index (χ3n) is 8.74. The van der Waals surface area contributed by atoms with Crippen LogP contribution >= 0.6 is 0 Å². The lowest BCUT2D eigenvalue weighted by molar-refractivity contribution is -0.133. The maximum atomic E-state index is 13.8. The van der Waals surface area contributed by atoms with Crippen LogP contribution in [0.3, 0.4) is 0 Å². The lowest BCUT2D eigenvalue weighted by Gasteiger charge is -2.25. The minimum Gasteiger partial charge on any atom is -0.423 e. The van der Waals surface area contributed by atoms with Crippen LogP contribution in [0.4, 0.5) is 0 Å². The van der Waals surface area contributed by atoms with Gasteiger partial charge < -0.3 is 9.47 Å². The lowest BCUT2D eigenvalue weighted by Crippen LogP contribution is -2.24. The number of benzene rings is 2. The van der Waals surface area contributed by atoms with Crippen molar-refractivity contribution in [3.05, 3.63) is 69.8 Å². The van der Waals surface area contributed by atoms with Crippen molar-refractivity contribution in [2.45, 2.75) is 106 Å². The average Bonchev–Trinajstić information content (AvgIpc) is 3.32. The van der Waals surface area contributed by atoms with E-state index >= 15 is 0 Å². The molecule has 2 unspecified atom stereocenters. The van der Waals surface area contributed by atoms with Gasteiger partial charge in [0.25, 0.3) is 0 Å². The number of carbonyl (C=O) groups excluding carboxylic acids is 2. The van der Waals surface area contributed by atoms with E-state index in [4.69, 9.17) is 9.47 Å². The number of esters is 2. The molecule has 0 radical (unpaired) electrons. The molecule has 2 bridgehead atoms. The highest BCUT2D eigenvalue weighted by Gasteiger charge is 2.57. The zero-order valence-electron chi connectivity index (χ0n) is 24.8. The van der Waals surface area contributed by atoms with E-state index in [-0.39, 0.29) is 17.3 Å². The van der Waals surface area contributed by atoms with Crippen LogP contribution in [0.25, 0.3) is 0 Å². The van der Waals surface area contributed by atoms with Gasteiger partial charge in [-0.05, 0) is 90.2 Å². The molecule has 4 nitrogen and oxygen atoms in total. The van der Waals surface area contributed by atoms with Crippen LogP contribution < -0.4 is 9.47 Å². The summed E-state index contributed by atoms with van der Waals surface area (Å²) >= 11 is 0. The molecule has 2 aliphatic rings. The first kappa shape index (κ1) is 29.1. The first-order valence-corrected chi connectivity index (χ1v) is 15.2. The van der Waals surface area contributed by atoms with Gasteiger partial charge in [0.1, 0.15) is 11.5 Å². The molecule has 1 fully saturated rings. The second-order valence-corrected chi connectivity index (χ2v) is 12.0. The highest BCUT2D eigenvalue weighted by atomic mass is 16.5. The smallest absolute Gasteiger partial charge is 0.340 e. The van der Waals surface area contributed by atoms with E-state index in [1.807, 2.05) is 12.1 Å². The number of fused-ring (bicyclic) bond motifs is 2. The van der Waals surface area contributed by atoms with Crippen molar-refractivity contribution in [3.8, 4) is 11.5 Å². The summed E-state index contributed by atoms with van der Waals surface area (Å²) in [6.07, 6.45) is 9.56. The van der Waals surface area contributed by atoms with Crippen molar-refractivity contribution in [2.75, 3.05) is 0 Å². The second-order valence-electron chi connectivity index (χ2n) is 12.0. The van der Waals surface area contributed by atoms with Crippen LogP contribution in [0.5, 0.6) is 11.5 Å². The molecule has 210 valence electrons. The minimum absolute atomic E-state index is 0.00594. The zero-order valence-corrected chi connectivity index (χ0v) is 24.8. The average molecular weight is 531 g/mol. The van der Waals surface area contributed by atoms with Crippen molar-refractivity contribution in [2.24, 2.45) is 17.3 Å². The minimum atomic E-state index is -0.394. The fourth-order valence-corrected chi connectivity index (χ4v) is 6.82. The van der Waals surface area contributed by atoms with Crippen molar-refractivity contribution in [1.82, 2.24) is 0 Å². The molecule has 0 saturated heterocycles. The number of rotatable bonds is 12. The summed E-state index contributed by atoms with van der Waals surface area (Å²) in [7, 11) is 0. The fourth-order valence-electron chi connectivity index (χ4n) is 6.82. The number of carbonyl (C=O) groups is 2. The molecule has 2 aromatic rings. The molecule has 0 aliphatic heterocycles. The van der Waals surface area contributed by atoms with Crippen LogP contribution in [-0.2, 0) is 35.3 Å². The highest BCUT2D eigenvalue weighted by Crippen LogP contribution is 2.60. The summed E-state index contributed by atoms with van der Waals surface area (Å²) in [4.78, 5) is 27.6. The van der Waals surface area contributed by atoms with E-state index in [0.29, 0.717) is 22.6 Å². The molecular formula is C35H46O4. The van der Waals surface area contributed by atoms with Gasteiger partial charge in [0, 0.05) is 0 Å². The maximum Gasteiger partial charge on any atom is 0.340 e. The molecule has 2 atom stereocenters. The van der Waals surface area contributed by atoms with Crippen LogP contribution in [0.1, 0.15) is 102 Å². The monoisotopic (exact) mass is 530 g/mol. The number of aryl methyl sites for hydroxylation is 4. The number of hydrogen-bond donors (Lipinski definition) is 0. The summed E-state index contributed by atoms with van der Waals surface area (Å²) in [6.45, 7) is 13.0. The summed E-state index contributed by atoms with van der Waals surface area (Å²) in [5, 5.41) is 0. The van der Waals surface area contributed by atoms with Gasteiger partial charge in [-0.15, -0.1) is 0 Å². The van der Waals surface area contributed by atoms with E-state index < -0.39 is 11.9 Å². The van der Waals surface area contributed by atoms with Gasteiger partial charge in [-0.1, -0.05) is 91.5 Å². The summed E-state index contributed by atoms with van der Waals surface area (Å²) in [6, 6.07) is 12.3. The Morgan fingerprint density at radius 2 is 1.05 bits per heavy atom. The molecule has 4 heteroatoms. The SMILES string of the molecule is CCCc1ccc(OC(=O)C2=C(C(=O)Oc3ccc(CCC)cc3CCC)C3CCC2C3(C)C)c(CCC)c1. The molecule has 2 aliphatic carbocycles.